The average molecular weight is 1470 g/mol. The lowest BCUT2D eigenvalue weighted by Crippen LogP contribution is -2.32. The standard InChI is InChI=1S/C18H21NO4.C18H21NO3.C17H19NO4.C17H19NO3.C15H15NO4/c1-19-7-6-11-9-16(22-2)17(23-3)10-13(11)18(19)12-4-5-14(20)15(21)8-12;1-19-8-7-12-10-16(21-2)17(22-3)11-15(12)18(19)13-5-4-6-14(20)9-13;1-21-15-8-10-5-6-18-17(12(10)9-16(15)22-2)11-3-4-13(19)14(20)7-11;1-20-15-9-11-6-7-18-17(14(11)10-16(15)21-2)12-4-3-5-13(19)8-12;17-11-2-1-9(6-12(11)18)15-10-7-14(20)13(19)5-8(10)3-4-16-15/h4-5,8-10,18,20-21H,6-7H2,1-3H3;4-6,9-11,18,20H,7-8H2,1-3H3;3-4,7-9,17-20H,5-6H2,1-2H3;3-5,8-10,17-19H,6-7H2,1-2H3;1-2,5-7,15-20H,3-4H2. The SMILES string of the molecule is COc1cc2c(cc1OC)C(c1ccc(O)c(O)c1)N(C)CC2.COc1cc2c(cc1OC)C(c1ccc(O)c(O)c1)NCC2.COc1cc2c(cc1OC)C(c1cccc(O)c1)N(C)CC2.COc1cc2c(cc1OC)C(c1cccc(O)c1)NCC2.Oc1ccc(C2NCCc3cc(O)c(O)cc32)cc1O. The van der Waals surface area contributed by atoms with Crippen molar-refractivity contribution in [2.45, 2.75) is 62.3 Å². The molecule has 13 N–H and O–H groups in total. The topological polar surface area (TPSA) is 319 Å². The van der Waals surface area contributed by atoms with Gasteiger partial charge in [0, 0.05) is 32.7 Å². The number of nitrogens with one attached hydrogen (secondary N) is 3. The second-order valence-electron chi connectivity index (χ2n) is 26.8. The summed E-state index contributed by atoms with van der Waals surface area (Å²) in [6, 6.07) is 48.5. The van der Waals surface area contributed by atoms with Gasteiger partial charge in [0.05, 0.1) is 87.1 Å². The molecule has 0 saturated carbocycles. The first-order valence-electron chi connectivity index (χ1n) is 35.4. The third kappa shape index (κ3) is 17.1. The van der Waals surface area contributed by atoms with Gasteiger partial charge in [0.15, 0.2) is 92.0 Å². The minimum atomic E-state index is -0.197. The smallest absolute Gasteiger partial charge is 0.161 e. The zero-order valence-electron chi connectivity index (χ0n) is 62.2. The summed E-state index contributed by atoms with van der Waals surface area (Å²) in [6.45, 7) is 4.30. The molecule has 15 rings (SSSR count). The van der Waals surface area contributed by atoms with Crippen molar-refractivity contribution in [3.63, 3.8) is 0 Å². The molecule has 5 unspecified atom stereocenters. The van der Waals surface area contributed by atoms with E-state index in [0.717, 1.165) is 149 Å². The molecule has 0 amide bonds. The predicted molar refractivity (Wildman–Crippen MR) is 410 cm³/mol. The number of phenols is 10. The van der Waals surface area contributed by atoms with E-state index < -0.39 is 0 Å². The number of hydrogen-bond donors (Lipinski definition) is 13. The van der Waals surface area contributed by atoms with Gasteiger partial charge in [-0.15, -0.1) is 0 Å². The Bertz CT molecular complexity index is 4820. The summed E-state index contributed by atoms with van der Waals surface area (Å²) in [7, 11) is 17.3. The molecule has 568 valence electrons. The van der Waals surface area contributed by atoms with Crippen molar-refractivity contribution < 1.29 is 89.0 Å². The molecule has 0 fully saturated rings. The second-order valence-corrected chi connectivity index (χ2v) is 26.8. The molecule has 5 aliphatic heterocycles. The van der Waals surface area contributed by atoms with E-state index in [1.807, 2.05) is 79.8 Å². The van der Waals surface area contributed by atoms with E-state index >= 15 is 0 Å². The Balaban J connectivity index is 0.000000134. The monoisotopic (exact) mass is 1470 g/mol. The maximum atomic E-state index is 9.83. The number of nitrogens with zero attached hydrogens (tertiary/aromatic N) is 2. The maximum absolute atomic E-state index is 9.83. The Morgan fingerprint density at radius 2 is 0.537 bits per heavy atom. The Labute approximate surface area is 628 Å². The summed E-state index contributed by atoms with van der Waals surface area (Å²) in [6.07, 6.45) is 4.50. The minimum Gasteiger partial charge on any atom is -0.508 e. The van der Waals surface area contributed by atoms with E-state index in [1.54, 1.807) is 105 Å². The molecule has 0 aliphatic carbocycles. The molecule has 23 nitrogen and oxygen atoms in total. The Hall–Kier alpha value is -11.6. The molecular formula is C85H95N5O18. The van der Waals surface area contributed by atoms with Crippen LogP contribution < -0.4 is 53.8 Å². The van der Waals surface area contributed by atoms with Gasteiger partial charge in [0.2, 0.25) is 0 Å². The lowest BCUT2D eigenvalue weighted by Gasteiger charge is -2.35. The van der Waals surface area contributed by atoms with Crippen LogP contribution >= 0.6 is 0 Å². The number of benzene rings is 10. The number of hydrogen-bond acceptors (Lipinski definition) is 23. The predicted octanol–water partition coefficient (Wildman–Crippen LogP) is 12.4. The average Bonchev–Trinajstić information content (AvgIpc) is 0.785. The highest BCUT2D eigenvalue weighted by Gasteiger charge is 2.32. The molecule has 10 aromatic carbocycles. The van der Waals surface area contributed by atoms with E-state index in [0.29, 0.717) is 17.2 Å². The summed E-state index contributed by atoms with van der Waals surface area (Å²) < 4.78 is 43.2. The first kappa shape index (κ1) is 77.5. The van der Waals surface area contributed by atoms with Gasteiger partial charge in [-0.1, -0.05) is 42.5 Å². The maximum Gasteiger partial charge on any atom is 0.161 e. The summed E-state index contributed by atoms with van der Waals surface area (Å²) in [5, 5.41) is 107. The van der Waals surface area contributed by atoms with Gasteiger partial charge in [-0.25, -0.2) is 0 Å². The molecule has 5 aliphatic rings. The molecule has 0 spiro atoms. The molecule has 23 heteroatoms. The number of rotatable bonds is 13. The van der Waals surface area contributed by atoms with Crippen LogP contribution in [-0.2, 0) is 32.1 Å². The largest absolute Gasteiger partial charge is 0.508 e. The molecule has 0 bridgehead atoms. The van der Waals surface area contributed by atoms with E-state index in [4.69, 9.17) is 37.9 Å². The number of fused-ring (bicyclic) bond motifs is 5. The molecular weight excluding hydrogens is 1380 g/mol. The van der Waals surface area contributed by atoms with Crippen LogP contribution in [0.15, 0.2) is 164 Å². The zero-order valence-corrected chi connectivity index (χ0v) is 62.2. The fourth-order valence-corrected chi connectivity index (χ4v) is 14.8. The van der Waals surface area contributed by atoms with Gasteiger partial charge >= 0.3 is 0 Å². The Morgan fingerprint density at radius 3 is 0.898 bits per heavy atom. The molecule has 5 atom stereocenters. The number of aromatic hydroxyl groups is 10. The highest BCUT2D eigenvalue weighted by molar-refractivity contribution is 5.58. The van der Waals surface area contributed by atoms with Crippen molar-refractivity contribution >= 4 is 0 Å². The first-order chi connectivity index (χ1) is 52.1. The molecule has 0 aromatic heterocycles. The van der Waals surface area contributed by atoms with Crippen LogP contribution in [-0.4, -0.2) is 165 Å². The summed E-state index contributed by atoms with van der Waals surface area (Å²) in [4.78, 5) is 4.52. The van der Waals surface area contributed by atoms with Crippen molar-refractivity contribution in [3.05, 3.63) is 247 Å². The van der Waals surface area contributed by atoms with Gasteiger partial charge in [0.1, 0.15) is 11.5 Å². The quantitative estimate of drug-likeness (QED) is 0.0477. The first-order valence-corrected chi connectivity index (χ1v) is 35.4. The number of likely N-dealkylation sites (N-methyl/N-ethyl adjacent to an activating group) is 2. The number of phenolic OH excluding ortho intramolecular Hbond substituents is 10. The van der Waals surface area contributed by atoms with Gasteiger partial charge in [0.25, 0.3) is 0 Å². The Morgan fingerprint density at radius 1 is 0.269 bits per heavy atom. The van der Waals surface area contributed by atoms with Crippen molar-refractivity contribution in [1.29, 1.82) is 0 Å². The van der Waals surface area contributed by atoms with Crippen LogP contribution in [0.5, 0.6) is 103 Å². The van der Waals surface area contributed by atoms with Gasteiger partial charge in [-0.3, -0.25) is 9.80 Å². The van der Waals surface area contributed by atoms with Crippen molar-refractivity contribution in [2.75, 3.05) is 104 Å². The van der Waals surface area contributed by atoms with Crippen molar-refractivity contribution in [2.24, 2.45) is 0 Å². The lowest BCUT2D eigenvalue weighted by atomic mass is 9.88. The van der Waals surface area contributed by atoms with E-state index in [2.05, 4.69) is 44.9 Å². The highest BCUT2D eigenvalue weighted by Crippen LogP contribution is 2.46. The zero-order chi connectivity index (χ0) is 77.0. The van der Waals surface area contributed by atoms with E-state index in [9.17, 15) is 51.1 Å². The molecule has 0 saturated heterocycles. The Kier molecular flexibility index (Phi) is 24.9. The number of methoxy groups -OCH3 is 8. The second kappa shape index (κ2) is 34.8. The van der Waals surface area contributed by atoms with Crippen LogP contribution in [0.25, 0.3) is 0 Å². The summed E-state index contributed by atoms with van der Waals surface area (Å²) in [5.41, 5.74) is 16.0. The third-order valence-corrected chi connectivity index (χ3v) is 20.3. The molecule has 10 aromatic rings. The van der Waals surface area contributed by atoms with Crippen LogP contribution in [0.4, 0.5) is 0 Å². The summed E-state index contributed by atoms with van der Waals surface area (Å²) >= 11 is 0. The van der Waals surface area contributed by atoms with Crippen LogP contribution in [0.1, 0.15) is 114 Å². The fraction of sp³-hybridized carbons (Fsp3) is 0.294. The van der Waals surface area contributed by atoms with Crippen LogP contribution in [0, 0.1) is 0 Å². The normalized spacial score (nSPS) is 17.4. The van der Waals surface area contributed by atoms with Gasteiger partial charge in [-0.05, 0) is 251 Å². The van der Waals surface area contributed by atoms with Crippen molar-refractivity contribution in [3.8, 4) is 103 Å². The highest BCUT2D eigenvalue weighted by atomic mass is 16.5. The molecule has 108 heavy (non-hydrogen) atoms. The van der Waals surface area contributed by atoms with Gasteiger partial charge < -0.3 is 105 Å². The third-order valence-electron chi connectivity index (χ3n) is 20.3. The van der Waals surface area contributed by atoms with Crippen molar-refractivity contribution in [1.82, 2.24) is 25.8 Å². The van der Waals surface area contributed by atoms with Gasteiger partial charge in [-0.2, -0.15) is 0 Å². The van der Waals surface area contributed by atoms with Crippen LogP contribution in [0.2, 0.25) is 0 Å². The van der Waals surface area contributed by atoms with E-state index in [1.165, 1.54) is 63.7 Å². The fourth-order valence-electron chi connectivity index (χ4n) is 14.8. The molecule has 0 radical (unpaired) electrons. The number of ether oxygens (including phenoxy) is 8. The lowest BCUT2D eigenvalue weighted by molar-refractivity contribution is 0.261. The summed E-state index contributed by atoms with van der Waals surface area (Å²) in [5.74, 6) is 5.27. The minimum absolute atomic E-state index is 0.00921. The van der Waals surface area contributed by atoms with Crippen LogP contribution in [0.3, 0.4) is 0 Å². The van der Waals surface area contributed by atoms with E-state index in [-0.39, 0.29) is 82.0 Å². The molecule has 5 heterocycles.